The molecule has 0 N–H and O–H groups in total. The van der Waals surface area contributed by atoms with Crippen molar-refractivity contribution in [1.29, 1.82) is 0 Å². The van der Waals surface area contributed by atoms with E-state index in [2.05, 4.69) is 20.8 Å². The average molecular weight is 258 g/mol. The molecule has 4 atom stereocenters. The van der Waals surface area contributed by atoms with Gasteiger partial charge in [-0.15, -0.1) is 0 Å². The van der Waals surface area contributed by atoms with Crippen LogP contribution in [0, 0.1) is 23.2 Å². The van der Waals surface area contributed by atoms with Gasteiger partial charge in [-0.05, 0) is 29.6 Å². The van der Waals surface area contributed by atoms with E-state index < -0.39 is 0 Å². The third kappa shape index (κ3) is 1.72. The molecule has 19 heavy (non-hydrogen) atoms. The lowest BCUT2D eigenvalue weighted by Crippen LogP contribution is -2.57. The minimum Gasteiger partial charge on any atom is -0.0626 e. The molecule has 0 unspecified atom stereocenters. The van der Waals surface area contributed by atoms with Gasteiger partial charge in [0.05, 0.1) is 0 Å². The molecule has 0 aromatic carbocycles. The summed E-state index contributed by atoms with van der Waals surface area (Å²) in [6.07, 6.45) is 12.5. The number of hydrogen-bond donors (Lipinski definition) is 0. The fraction of sp³-hybridized carbons (Fsp3) is 1.00. The largest absolute Gasteiger partial charge is 0.149 e. The summed E-state index contributed by atoms with van der Waals surface area (Å²) in [6, 6.07) is 0. The van der Waals surface area contributed by atoms with Crippen LogP contribution in [0.2, 0.25) is 17.5 Å². The van der Waals surface area contributed by atoms with Crippen LogP contribution in [0.15, 0.2) is 0 Å². The second-order valence-electron chi connectivity index (χ2n) is 9.08. The molecule has 5 fully saturated rings. The molecule has 3 aliphatic carbocycles. The van der Waals surface area contributed by atoms with Crippen molar-refractivity contribution in [2.45, 2.75) is 89.6 Å². The Morgan fingerprint density at radius 2 is 1.47 bits per heavy atom. The molecule has 0 radical (unpaired) electrons. The van der Waals surface area contributed by atoms with Crippen molar-refractivity contribution in [3.05, 3.63) is 0 Å². The first-order chi connectivity index (χ1) is 9.09. The Labute approximate surface area is 120 Å². The maximum absolute atomic E-state index is 2.62. The highest BCUT2D eigenvalue weighted by atomic mass is 14.6. The van der Waals surface area contributed by atoms with Crippen LogP contribution in [0.3, 0.4) is 0 Å². The van der Waals surface area contributed by atoms with Crippen molar-refractivity contribution < 1.29 is 0 Å². The SMILES string of the molecule is C[C@H]1[C@@H](B2C3CCCC2CCC3)C[C@@H]2C[C@H]1C2(C)C. The quantitative estimate of drug-likeness (QED) is 0.532. The smallest absolute Gasteiger partial charge is 0.0626 e. The van der Waals surface area contributed by atoms with Crippen LogP contribution in [-0.2, 0) is 0 Å². The summed E-state index contributed by atoms with van der Waals surface area (Å²) in [5.41, 5.74) is 0.680. The van der Waals surface area contributed by atoms with Crippen molar-refractivity contribution in [3.63, 3.8) is 0 Å². The molecule has 0 nitrogen and oxygen atoms in total. The summed E-state index contributed by atoms with van der Waals surface area (Å²) < 4.78 is 0. The zero-order valence-electron chi connectivity index (χ0n) is 13.2. The van der Waals surface area contributed by atoms with E-state index in [4.69, 9.17) is 0 Å². The Kier molecular flexibility index (Phi) is 2.88. The van der Waals surface area contributed by atoms with Gasteiger partial charge in [0.15, 0.2) is 0 Å². The van der Waals surface area contributed by atoms with Gasteiger partial charge in [0.25, 0.3) is 0 Å². The summed E-state index contributed by atoms with van der Waals surface area (Å²) in [6.45, 7) is 8.87. The molecular formula is C18H31B. The van der Waals surface area contributed by atoms with Gasteiger partial charge in [0.2, 0.25) is 0 Å². The normalized spacial score (nSPS) is 51.6. The van der Waals surface area contributed by atoms with Crippen LogP contribution in [-0.4, -0.2) is 6.71 Å². The van der Waals surface area contributed by atoms with E-state index in [-0.39, 0.29) is 0 Å². The van der Waals surface area contributed by atoms with E-state index in [1.54, 1.807) is 51.4 Å². The second-order valence-corrected chi connectivity index (χ2v) is 9.08. The molecule has 5 rings (SSSR count). The highest BCUT2D eigenvalue weighted by Gasteiger charge is 2.59. The summed E-state index contributed by atoms with van der Waals surface area (Å²) in [4.78, 5) is 0. The van der Waals surface area contributed by atoms with Crippen LogP contribution in [0.25, 0.3) is 0 Å². The molecule has 1 heteroatoms. The summed E-state index contributed by atoms with van der Waals surface area (Å²) >= 11 is 0. The number of rotatable bonds is 1. The highest BCUT2D eigenvalue weighted by molar-refractivity contribution is 6.64. The van der Waals surface area contributed by atoms with Gasteiger partial charge in [-0.3, -0.25) is 0 Å². The first-order valence-corrected chi connectivity index (χ1v) is 9.09. The van der Waals surface area contributed by atoms with Crippen molar-refractivity contribution in [2.75, 3.05) is 0 Å². The van der Waals surface area contributed by atoms with Crippen molar-refractivity contribution in [1.82, 2.24) is 0 Å². The van der Waals surface area contributed by atoms with E-state index in [9.17, 15) is 0 Å². The van der Waals surface area contributed by atoms with Gasteiger partial charge in [-0.25, -0.2) is 0 Å². The second kappa shape index (κ2) is 4.28. The predicted molar refractivity (Wildman–Crippen MR) is 83.9 cm³/mol. The maximum atomic E-state index is 2.62. The van der Waals surface area contributed by atoms with Crippen LogP contribution in [0.4, 0.5) is 0 Å². The topological polar surface area (TPSA) is 0 Å². The van der Waals surface area contributed by atoms with Crippen molar-refractivity contribution in [3.8, 4) is 0 Å². The highest BCUT2D eigenvalue weighted by Crippen LogP contribution is 2.67. The summed E-state index contributed by atoms with van der Waals surface area (Å²) in [5, 5.41) is 0. The Morgan fingerprint density at radius 1 is 0.895 bits per heavy atom. The first-order valence-electron chi connectivity index (χ1n) is 9.09. The standard InChI is InChI=1S/C18H31B/c1-12-16-10-13(18(16,2)3)11-17(12)19-14-6-4-7-15(19)9-5-8-14/h12-17H,4-11H2,1-3H3/t12-,13+,14?,15?,16-,17+/m1/s1. The summed E-state index contributed by atoms with van der Waals surface area (Å²) in [5.74, 6) is 6.50. The lowest BCUT2D eigenvalue weighted by atomic mass is 9.18. The van der Waals surface area contributed by atoms with Gasteiger partial charge < -0.3 is 0 Å². The third-order valence-corrected chi connectivity index (χ3v) is 8.30. The maximum Gasteiger partial charge on any atom is 0.149 e. The molecule has 3 saturated carbocycles. The lowest BCUT2D eigenvalue weighted by Gasteiger charge is -2.64. The zero-order valence-corrected chi connectivity index (χ0v) is 13.2. The molecule has 2 saturated heterocycles. The fourth-order valence-corrected chi connectivity index (χ4v) is 7.12. The van der Waals surface area contributed by atoms with Crippen LogP contribution in [0.5, 0.6) is 0 Å². The first kappa shape index (κ1) is 12.8. The predicted octanol–water partition coefficient (Wildman–Crippen LogP) is 5.66. The van der Waals surface area contributed by atoms with E-state index in [1.165, 1.54) is 0 Å². The zero-order chi connectivity index (χ0) is 13.2. The van der Waals surface area contributed by atoms with Crippen LogP contribution >= 0.6 is 0 Å². The van der Waals surface area contributed by atoms with Crippen molar-refractivity contribution in [2.24, 2.45) is 23.2 Å². The molecular weight excluding hydrogens is 227 g/mol. The molecule has 0 aromatic rings. The molecule has 0 aromatic heterocycles. The average Bonchev–Trinajstić information content (AvgIpc) is 2.37. The van der Waals surface area contributed by atoms with Gasteiger partial charge in [0.1, 0.15) is 6.71 Å². The molecule has 4 bridgehead atoms. The molecule has 2 aliphatic heterocycles. The molecule has 0 spiro atoms. The Bertz CT molecular complexity index is 339. The molecule has 2 heterocycles. The van der Waals surface area contributed by atoms with E-state index in [1.807, 2.05) is 0 Å². The van der Waals surface area contributed by atoms with Gasteiger partial charge in [-0.2, -0.15) is 0 Å². The van der Waals surface area contributed by atoms with Gasteiger partial charge in [0, 0.05) is 0 Å². The molecule has 106 valence electrons. The minimum atomic E-state index is 0.680. The Hall–Kier alpha value is 0.0649. The van der Waals surface area contributed by atoms with Crippen LogP contribution < -0.4 is 0 Å². The summed E-state index contributed by atoms with van der Waals surface area (Å²) in [7, 11) is 0. The van der Waals surface area contributed by atoms with Crippen LogP contribution in [0.1, 0.15) is 72.1 Å². The van der Waals surface area contributed by atoms with Gasteiger partial charge >= 0.3 is 0 Å². The lowest BCUT2D eigenvalue weighted by molar-refractivity contribution is -0.0998. The number of fused-ring (bicyclic) bond motifs is 5. The fourth-order valence-electron chi connectivity index (χ4n) is 7.12. The van der Waals surface area contributed by atoms with E-state index in [0.29, 0.717) is 5.41 Å². The molecule has 0 amide bonds. The monoisotopic (exact) mass is 258 g/mol. The Balaban J connectivity index is 1.57. The Morgan fingerprint density at radius 3 is 1.95 bits per heavy atom. The van der Waals surface area contributed by atoms with E-state index >= 15 is 0 Å². The molecule has 5 aliphatic rings. The van der Waals surface area contributed by atoms with E-state index in [0.717, 1.165) is 41.9 Å². The van der Waals surface area contributed by atoms with Crippen molar-refractivity contribution >= 4 is 6.71 Å². The van der Waals surface area contributed by atoms with Gasteiger partial charge in [-0.1, -0.05) is 83.2 Å². The minimum absolute atomic E-state index is 0.680. The third-order valence-electron chi connectivity index (χ3n) is 8.30. The number of hydrogen-bond acceptors (Lipinski definition) is 0.